The minimum Gasteiger partial charge on any atom is -0.366 e. The van der Waals surface area contributed by atoms with E-state index in [1.54, 1.807) is 29.7 Å². The molecule has 1 saturated heterocycles. The van der Waals surface area contributed by atoms with Gasteiger partial charge in [0.2, 0.25) is 0 Å². The Morgan fingerprint density at radius 3 is 2.82 bits per heavy atom. The average molecular weight is 438 g/mol. The van der Waals surface area contributed by atoms with E-state index < -0.39 is 0 Å². The Morgan fingerprint density at radius 1 is 1.09 bits per heavy atom. The second kappa shape index (κ2) is 7.70. The maximum Gasteiger partial charge on any atom is 0.329 e. The lowest BCUT2D eigenvalue weighted by Gasteiger charge is -2.35. The van der Waals surface area contributed by atoms with Gasteiger partial charge in [-0.15, -0.1) is 0 Å². The number of rotatable bonds is 3. The molecular weight excluding hydrogens is 416 g/mol. The largest absolute Gasteiger partial charge is 0.366 e. The zero-order valence-electron chi connectivity index (χ0n) is 18.1. The smallest absolute Gasteiger partial charge is 0.329 e. The van der Waals surface area contributed by atoms with Crippen molar-refractivity contribution in [3.63, 3.8) is 0 Å². The van der Waals surface area contributed by atoms with E-state index in [4.69, 9.17) is 4.98 Å². The Labute approximate surface area is 190 Å². The van der Waals surface area contributed by atoms with Gasteiger partial charge in [-0.05, 0) is 55.3 Å². The van der Waals surface area contributed by atoms with Crippen LogP contribution in [0.4, 0.5) is 22.1 Å². The molecule has 0 unspecified atom stereocenters. The molecule has 6 rings (SSSR count). The van der Waals surface area contributed by atoms with E-state index >= 15 is 0 Å². The molecule has 0 saturated carbocycles. The second-order valence-corrected chi connectivity index (χ2v) is 8.33. The van der Waals surface area contributed by atoms with E-state index in [2.05, 4.69) is 36.4 Å². The van der Waals surface area contributed by atoms with Gasteiger partial charge < -0.3 is 4.90 Å². The summed E-state index contributed by atoms with van der Waals surface area (Å²) in [5.41, 5.74) is 5.56. The number of amides is 2. The van der Waals surface area contributed by atoms with Gasteiger partial charge >= 0.3 is 6.03 Å². The van der Waals surface area contributed by atoms with E-state index in [-0.39, 0.29) is 12.1 Å². The molecule has 2 amide bonds. The van der Waals surface area contributed by atoms with Gasteiger partial charge in [-0.3, -0.25) is 20.3 Å². The van der Waals surface area contributed by atoms with Gasteiger partial charge in [0.15, 0.2) is 5.82 Å². The number of anilines is 3. The Hall–Kier alpha value is -4.27. The molecule has 2 N–H and O–H groups in total. The lowest BCUT2D eigenvalue weighted by atomic mass is 10.1. The number of aryl methyl sites for hydroxylation is 1. The molecule has 164 valence electrons. The fourth-order valence-corrected chi connectivity index (χ4v) is 4.59. The van der Waals surface area contributed by atoms with Crippen LogP contribution in [0.5, 0.6) is 0 Å². The van der Waals surface area contributed by atoms with Crippen LogP contribution in [-0.2, 0) is 0 Å². The van der Waals surface area contributed by atoms with Gasteiger partial charge in [0.05, 0.1) is 23.6 Å². The average Bonchev–Trinajstić information content (AvgIpc) is 3.51. The normalized spacial score (nSPS) is 16.6. The molecule has 0 radical (unpaired) electrons. The molecule has 0 aromatic carbocycles. The van der Waals surface area contributed by atoms with Gasteiger partial charge in [0.1, 0.15) is 5.82 Å². The van der Waals surface area contributed by atoms with Gasteiger partial charge in [0, 0.05) is 48.5 Å². The third kappa shape index (κ3) is 3.47. The lowest BCUT2D eigenvalue weighted by molar-refractivity contribution is 0.254. The number of hydrogen-bond acceptors (Lipinski definition) is 6. The number of H-pyrrole nitrogens is 1. The van der Waals surface area contributed by atoms with Crippen LogP contribution < -0.4 is 15.1 Å². The minimum absolute atomic E-state index is 0.0662. The van der Waals surface area contributed by atoms with Crippen molar-refractivity contribution in [2.45, 2.75) is 19.4 Å². The number of fused-ring (bicyclic) bond motifs is 4. The van der Waals surface area contributed by atoms with Gasteiger partial charge in [-0.2, -0.15) is 5.10 Å². The first-order valence-corrected chi connectivity index (χ1v) is 10.9. The maximum atomic E-state index is 13.5. The van der Waals surface area contributed by atoms with Crippen LogP contribution in [0.3, 0.4) is 0 Å². The third-order valence-corrected chi connectivity index (χ3v) is 6.19. The van der Waals surface area contributed by atoms with Crippen molar-refractivity contribution < 1.29 is 4.79 Å². The summed E-state index contributed by atoms with van der Waals surface area (Å²) in [6, 6.07) is 11.6. The highest BCUT2D eigenvalue weighted by Gasteiger charge is 2.40. The SMILES string of the molecule is Cc1cc(-c2ccc3c(n2)N(C(=O)Nc2cc(-c4cn[nH]c4)ccn2)[C@H]2CCN3C2)ccn1. The lowest BCUT2D eigenvalue weighted by Crippen LogP contribution is -2.48. The number of aromatic nitrogens is 5. The molecular formula is C24H22N8O. The Morgan fingerprint density at radius 2 is 1.97 bits per heavy atom. The number of aromatic amines is 1. The van der Waals surface area contributed by atoms with Crippen molar-refractivity contribution in [3.05, 3.63) is 66.9 Å². The van der Waals surface area contributed by atoms with Crippen molar-refractivity contribution in [1.82, 2.24) is 25.1 Å². The van der Waals surface area contributed by atoms with Gasteiger partial charge in [-0.25, -0.2) is 14.8 Å². The fraction of sp³-hybridized carbons (Fsp3) is 0.208. The Bertz CT molecular complexity index is 1340. The summed E-state index contributed by atoms with van der Waals surface area (Å²) in [6.45, 7) is 3.67. The number of carbonyl (C=O) groups excluding carboxylic acids is 1. The quantitative estimate of drug-likeness (QED) is 0.503. The van der Waals surface area contributed by atoms with E-state index in [1.165, 1.54) is 0 Å². The number of pyridine rings is 3. The van der Waals surface area contributed by atoms with Crippen LogP contribution in [-0.4, -0.2) is 50.3 Å². The molecule has 2 aliphatic rings. The van der Waals surface area contributed by atoms with Crippen molar-refractivity contribution in [2.24, 2.45) is 0 Å². The number of nitrogens with zero attached hydrogens (tertiary/aromatic N) is 6. The minimum atomic E-state index is -0.227. The molecule has 4 aromatic rings. The van der Waals surface area contributed by atoms with Crippen LogP contribution in [0.25, 0.3) is 22.4 Å². The van der Waals surface area contributed by atoms with Crippen LogP contribution in [0, 0.1) is 6.92 Å². The molecule has 2 bridgehead atoms. The fourth-order valence-electron chi connectivity index (χ4n) is 4.59. The molecule has 1 atom stereocenters. The summed E-state index contributed by atoms with van der Waals surface area (Å²) in [7, 11) is 0. The monoisotopic (exact) mass is 438 g/mol. The highest BCUT2D eigenvalue weighted by atomic mass is 16.2. The molecule has 4 aromatic heterocycles. The van der Waals surface area contributed by atoms with Crippen LogP contribution in [0.2, 0.25) is 0 Å². The predicted octanol–water partition coefficient (Wildman–Crippen LogP) is 3.87. The summed E-state index contributed by atoms with van der Waals surface area (Å²) in [4.78, 5) is 31.2. The summed E-state index contributed by atoms with van der Waals surface area (Å²) < 4.78 is 0. The summed E-state index contributed by atoms with van der Waals surface area (Å²) >= 11 is 0. The first-order valence-electron chi connectivity index (χ1n) is 10.9. The highest BCUT2D eigenvalue weighted by Crippen LogP contribution is 2.40. The van der Waals surface area contributed by atoms with E-state index in [9.17, 15) is 4.79 Å². The zero-order valence-corrected chi connectivity index (χ0v) is 18.1. The summed E-state index contributed by atoms with van der Waals surface area (Å²) in [6.07, 6.45) is 7.90. The maximum absolute atomic E-state index is 13.5. The molecule has 1 fully saturated rings. The number of urea groups is 1. The Kier molecular flexibility index (Phi) is 4.53. The molecule has 9 nitrogen and oxygen atoms in total. The van der Waals surface area contributed by atoms with E-state index in [0.29, 0.717) is 11.6 Å². The Balaban J connectivity index is 1.34. The van der Waals surface area contributed by atoms with Gasteiger partial charge in [0.25, 0.3) is 0 Å². The first-order chi connectivity index (χ1) is 16.2. The highest BCUT2D eigenvalue weighted by molar-refractivity contribution is 6.04. The van der Waals surface area contributed by atoms with Crippen molar-refractivity contribution in [1.29, 1.82) is 0 Å². The van der Waals surface area contributed by atoms with E-state index in [0.717, 1.165) is 53.3 Å². The summed E-state index contributed by atoms with van der Waals surface area (Å²) in [5.74, 6) is 1.17. The number of nitrogens with one attached hydrogen (secondary N) is 2. The summed E-state index contributed by atoms with van der Waals surface area (Å²) in [5, 5.41) is 9.79. The standard InChI is InChI=1S/C24H22N8O/c1-15-10-17(5-7-25-15)20-2-3-21-23(29-20)32(19-6-9-31(21)14-19)24(33)30-22-11-16(4-8-26-22)18-12-27-28-13-18/h2-5,7-8,10-13,19H,6,9,14H2,1H3,(H,27,28)(H,26,30,33)/t19-/m0/s1. The van der Waals surface area contributed by atoms with Crippen molar-refractivity contribution >= 4 is 23.4 Å². The first kappa shape index (κ1) is 19.4. The number of carbonyl (C=O) groups is 1. The zero-order chi connectivity index (χ0) is 22.4. The molecule has 6 heterocycles. The second-order valence-electron chi connectivity index (χ2n) is 8.33. The van der Waals surface area contributed by atoms with Crippen molar-refractivity contribution in [2.75, 3.05) is 28.2 Å². The molecule has 0 spiro atoms. The molecule has 9 heteroatoms. The topological polar surface area (TPSA) is 103 Å². The molecule has 2 aliphatic heterocycles. The molecule has 0 aliphatic carbocycles. The molecule has 33 heavy (non-hydrogen) atoms. The predicted molar refractivity (Wildman–Crippen MR) is 126 cm³/mol. The van der Waals surface area contributed by atoms with Crippen molar-refractivity contribution in [3.8, 4) is 22.4 Å². The van der Waals surface area contributed by atoms with E-state index in [1.807, 2.05) is 37.3 Å². The van der Waals surface area contributed by atoms with Crippen LogP contribution in [0.15, 0.2) is 61.2 Å². The van der Waals surface area contributed by atoms with Crippen LogP contribution in [0.1, 0.15) is 12.1 Å². The van der Waals surface area contributed by atoms with Gasteiger partial charge in [-0.1, -0.05) is 0 Å². The third-order valence-electron chi connectivity index (χ3n) is 6.19. The van der Waals surface area contributed by atoms with Crippen LogP contribution >= 0.6 is 0 Å². The number of hydrogen-bond donors (Lipinski definition) is 2.